The van der Waals surface area contributed by atoms with Gasteiger partial charge in [-0.2, -0.15) is 0 Å². The number of carbonyl (C=O) groups excluding carboxylic acids is 4. The van der Waals surface area contributed by atoms with Crippen LogP contribution >= 0.6 is 0 Å². The number of aldehydes is 1. The minimum atomic E-state index is -0.808. The van der Waals surface area contributed by atoms with E-state index in [0.717, 1.165) is 23.0 Å². The van der Waals surface area contributed by atoms with Gasteiger partial charge in [0.15, 0.2) is 0 Å². The molecule has 1 aliphatic rings. The predicted molar refractivity (Wildman–Crippen MR) is 189 cm³/mol. The maximum Gasteiger partial charge on any atom is 0.246 e. The van der Waals surface area contributed by atoms with Gasteiger partial charge in [0.25, 0.3) is 0 Å². The van der Waals surface area contributed by atoms with Crippen LogP contribution in [0.25, 0.3) is 0 Å². The van der Waals surface area contributed by atoms with Crippen LogP contribution in [-0.4, -0.2) is 66.7 Å². The predicted octanol–water partition coefficient (Wildman–Crippen LogP) is 4.56. The average Bonchev–Trinajstić information content (AvgIpc) is 3.56. The summed E-state index contributed by atoms with van der Waals surface area (Å²) in [4.78, 5) is 55.0. The van der Waals surface area contributed by atoms with E-state index in [-0.39, 0.29) is 54.1 Å². The van der Waals surface area contributed by atoms with E-state index in [4.69, 9.17) is 0 Å². The van der Waals surface area contributed by atoms with E-state index in [9.17, 15) is 19.2 Å². The Hall–Kier alpha value is -4.34. The van der Waals surface area contributed by atoms with E-state index >= 15 is 0 Å². The van der Waals surface area contributed by atoms with Gasteiger partial charge in [-0.15, -0.1) is 0 Å². The summed E-state index contributed by atoms with van der Waals surface area (Å²) in [6.45, 7) is 7.90. The molecule has 1 aliphatic heterocycles. The Morgan fingerprint density at radius 2 is 1.38 bits per heavy atom. The van der Waals surface area contributed by atoms with Gasteiger partial charge in [-0.3, -0.25) is 14.4 Å². The highest BCUT2D eigenvalue weighted by Gasteiger charge is 2.45. The first-order valence-corrected chi connectivity index (χ1v) is 17.1. The number of nitrogens with zero attached hydrogens (tertiary/aromatic N) is 1. The van der Waals surface area contributed by atoms with Crippen molar-refractivity contribution in [2.45, 2.75) is 83.2 Å². The van der Waals surface area contributed by atoms with Crippen molar-refractivity contribution in [1.29, 1.82) is 0 Å². The molecule has 1 heterocycles. The van der Waals surface area contributed by atoms with Crippen molar-refractivity contribution in [1.82, 2.24) is 26.2 Å². The second-order valence-corrected chi connectivity index (χ2v) is 13.2. The van der Waals surface area contributed by atoms with Crippen LogP contribution in [0.4, 0.5) is 0 Å². The van der Waals surface area contributed by atoms with Crippen molar-refractivity contribution in [2.75, 3.05) is 13.6 Å². The summed E-state index contributed by atoms with van der Waals surface area (Å²) < 4.78 is 0. The van der Waals surface area contributed by atoms with Crippen LogP contribution in [-0.2, 0) is 19.2 Å². The smallest absolute Gasteiger partial charge is 0.246 e. The highest BCUT2D eigenvalue weighted by molar-refractivity contribution is 5.94. The summed E-state index contributed by atoms with van der Waals surface area (Å²) in [5.74, 6) is -1.19. The molecular weight excluding hydrogens is 602 g/mol. The standard InChI is InChI=1S/C39H51N5O4/c1-26(2)35(43-37(46)28(4)40-5)39(48)44-33(29-15-9-6-10-16-29)21-22-34(44)38(47)42-32(27(3)23-24-45)25-41-36(30-17-11-7-12-18-30)31-19-13-8-14-20-31/h6-20,24,26-28,32-36,40-41H,21-23,25H2,1-5H3,(H,42,47)(H,43,46)/t27-,28-,32+,33+,34-,35-/m0/s1. The van der Waals surface area contributed by atoms with Crippen LogP contribution in [0.1, 0.15) is 75.7 Å². The Kier molecular flexibility index (Phi) is 13.5. The van der Waals surface area contributed by atoms with Crippen LogP contribution in [0, 0.1) is 11.8 Å². The maximum absolute atomic E-state index is 14.4. The van der Waals surface area contributed by atoms with Crippen LogP contribution in [0.5, 0.6) is 0 Å². The lowest BCUT2D eigenvalue weighted by molar-refractivity contribution is -0.145. The van der Waals surface area contributed by atoms with Crippen molar-refractivity contribution in [2.24, 2.45) is 11.8 Å². The van der Waals surface area contributed by atoms with Gasteiger partial charge in [0.2, 0.25) is 17.7 Å². The third kappa shape index (κ3) is 9.17. The van der Waals surface area contributed by atoms with E-state index in [1.54, 1.807) is 18.9 Å². The molecule has 9 heteroatoms. The molecule has 1 saturated heterocycles. The number of likely N-dealkylation sites (tertiary alicyclic amines) is 1. The zero-order valence-corrected chi connectivity index (χ0v) is 28.8. The van der Waals surface area contributed by atoms with Crippen molar-refractivity contribution in [3.05, 3.63) is 108 Å². The molecule has 4 N–H and O–H groups in total. The number of nitrogens with one attached hydrogen (secondary N) is 4. The van der Waals surface area contributed by atoms with Crippen molar-refractivity contribution < 1.29 is 19.2 Å². The second kappa shape index (κ2) is 17.7. The Labute approximate surface area is 285 Å². The summed E-state index contributed by atoms with van der Waals surface area (Å²) in [6.07, 6.45) is 2.24. The summed E-state index contributed by atoms with van der Waals surface area (Å²) in [7, 11) is 1.70. The highest BCUT2D eigenvalue weighted by Crippen LogP contribution is 2.37. The fourth-order valence-corrected chi connectivity index (χ4v) is 6.42. The first-order valence-electron chi connectivity index (χ1n) is 17.1. The molecule has 1 fully saturated rings. The third-order valence-corrected chi connectivity index (χ3v) is 9.47. The third-order valence-electron chi connectivity index (χ3n) is 9.47. The van der Waals surface area contributed by atoms with Crippen LogP contribution in [0.15, 0.2) is 91.0 Å². The van der Waals surface area contributed by atoms with Gasteiger partial charge < -0.3 is 31.0 Å². The van der Waals surface area contributed by atoms with Gasteiger partial charge in [0, 0.05) is 19.0 Å². The normalized spacial score (nSPS) is 18.6. The quantitative estimate of drug-likeness (QED) is 0.169. The highest BCUT2D eigenvalue weighted by atomic mass is 16.2. The van der Waals surface area contributed by atoms with Crippen LogP contribution in [0.3, 0.4) is 0 Å². The van der Waals surface area contributed by atoms with E-state index in [1.807, 2.05) is 87.5 Å². The lowest BCUT2D eigenvalue weighted by Crippen LogP contribution is -2.59. The van der Waals surface area contributed by atoms with E-state index in [0.29, 0.717) is 19.4 Å². The molecule has 0 saturated carbocycles. The number of likely N-dealkylation sites (N-methyl/N-ethyl adjacent to an activating group) is 1. The molecule has 256 valence electrons. The second-order valence-electron chi connectivity index (χ2n) is 13.2. The maximum atomic E-state index is 14.4. The van der Waals surface area contributed by atoms with Crippen molar-refractivity contribution in [3.63, 3.8) is 0 Å². The zero-order valence-electron chi connectivity index (χ0n) is 28.8. The molecule has 0 aromatic heterocycles. The molecule has 3 amide bonds. The lowest BCUT2D eigenvalue weighted by atomic mass is 9.95. The molecule has 3 aromatic carbocycles. The Morgan fingerprint density at radius 1 is 0.812 bits per heavy atom. The van der Waals surface area contributed by atoms with Crippen LogP contribution in [0.2, 0.25) is 0 Å². The molecule has 0 spiro atoms. The molecule has 4 rings (SSSR count). The van der Waals surface area contributed by atoms with Gasteiger partial charge in [-0.25, -0.2) is 0 Å². The van der Waals surface area contributed by atoms with Gasteiger partial charge in [0.1, 0.15) is 18.4 Å². The zero-order chi connectivity index (χ0) is 34.6. The number of hydrogen-bond donors (Lipinski definition) is 4. The van der Waals surface area contributed by atoms with Crippen molar-refractivity contribution >= 4 is 24.0 Å². The first kappa shape index (κ1) is 36.5. The first-order chi connectivity index (χ1) is 23.2. The molecular formula is C39H51N5O4. The number of benzene rings is 3. The van der Waals surface area contributed by atoms with Crippen molar-refractivity contribution in [3.8, 4) is 0 Å². The monoisotopic (exact) mass is 653 g/mol. The van der Waals surface area contributed by atoms with E-state index < -0.39 is 18.1 Å². The number of amides is 3. The fourth-order valence-electron chi connectivity index (χ4n) is 6.42. The Morgan fingerprint density at radius 3 is 1.90 bits per heavy atom. The molecule has 0 aliphatic carbocycles. The molecule has 48 heavy (non-hydrogen) atoms. The molecule has 0 radical (unpaired) electrons. The Balaban J connectivity index is 1.61. The van der Waals surface area contributed by atoms with Gasteiger partial charge in [-0.1, -0.05) is 112 Å². The van der Waals surface area contributed by atoms with Gasteiger partial charge >= 0.3 is 0 Å². The summed E-state index contributed by atoms with van der Waals surface area (Å²) in [5.41, 5.74) is 3.12. The summed E-state index contributed by atoms with van der Waals surface area (Å²) in [5, 5.41) is 12.8. The summed E-state index contributed by atoms with van der Waals surface area (Å²) >= 11 is 0. The lowest BCUT2D eigenvalue weighted by Gasteiger charge is -2.36. The van der Waals surface area contributed by atoms with Gasteiger partial charge in [-0.05, 0) is 55.3 Å². The van der Waals surface area contributed by atoms with Gasteiger partial charge in [0.05, 0.1) is 18.1 Å². The minimum Gasteiger partial charge on any atom is -0.350 e. The molecule has 0 unspecified atom stereocenters. The SMILES string of the molecule is CN[C@@H](C)C(=O)N[C@H](C(=O)N1[C@@H](c2ccccc2)CC[C@H]1C(=O)N[C@H](CNC(c1ccccc1)c1ccccc1)[C@@H](C)CC=O)C(C)C. The van der Waals surface area contributed by atoms with E-state index in [1.165, 1.54) is 0 Å². The van der Waals surface area contributed by atoms with E-state index in [2.05, 4.69) is 45.5 Å². The minimum absolute atomic E-state index is 0.127. The molecule has 9 nitrogen and oxygen atoms in total. The summed E-state index contributed by atoms with van der Waals surface area (Å²) in [6, 6.07) is 27.1. The molecule has 3 aromatic rings. The Bertz CT molecular complexity index is 1430. The molecule has 6 atom stereocenters. The molecule has 0 bridgehead atoms. The number of hydrogen-bond acceptors (Lipinski definition) is 6. The number of rotatable bonds is 16. The number of carbonyl (C=O) groups is 4. The average molecular weight is 654 g/mol. The fraction of sp³-hybridized carbons (Fsp3) is 0.436. The van der Waals surface area contributed by atoms with Crippen LogP contribution < -0.4 is 21.3 Å². The topological polar surface area (TPSA) is 120 Å². The largest absolute Gasteiger partial charge is 0.350 e.